The van der Waals surface area contributed by atoms with E-state index >= 15 is 0 Å². The zero-order valence-electron chi connectivity index (χ0n) is 14.3. The van der Waals surface area contributed by atoms with Gasteiger partial charge < -0.3 is 15.0 Å². The summed E-state index contributed by atoms with van der Waals surface area (Å²) in [6, 6.07) is 10.6. The molecule has 0 spiro atoms. The zero-order chi connectivity index (χ0) is 16.4. The molecule has 1 aromatic heterocycles. The Balaban J connectivity index is 1.69. The van der Waals surface area contributed by atoms with Crippen molar-refractivity contribution in [2.24, 2.45) is 0 Å². The average Bonchev–Trinajstić information content (AvgIpc) is 3.26. The van der Waals surface area contributed by atoms with Gasteiger partial charge in [0.2, 0.25) is 0 Å². The van der Waals surface area contributed by atoms with Gasteiger partial charge in [-0.2, -0.15) is 0 Å². The molecule has 0 bridgehead atoms. The minimum Gasteiger partial charge on any atom is -0.384 e. The molecule has 4 heteroatoms. The number of imidazole rings is 1. The van der Waals surface area contributed by atoms with Crippen LogP contribution in [0.25, 0.3) is 0 Å². The van der Waals surface area contributed by atoms with Gasteiger partial charge in [0.15, 0.2) is 0 Å². The van der Waals surface area contributed by atoms with Crippen LogP contribution in [0.2, 0.25) is 0 Å². The summed E-state index contributed by atoms with van der Waals surface area (Å²) < 4.78 is 7.81. The Hall–Kier alpha value is -1.81. The molecule has 0 radical (unpaired) electrons. The van der Waals surface area contributed by atoms with Gasteiger partial charge in [0, 0.05) is 25.0 Å². The highest BCUT2D eigenvalue weighted by Gasteiger charge is 2.29. The van der Waals surface area contributed by atoms with E-state index in [1.165, 1.54) is 37.1 Å². The zero-order valence-corrected chi connectivity index (χ0v) is 14.3. The molecule has 2 N–H and O–H groups in total. The van der Waals surface area contributed by atoms with Gasteiger partial charge in [0.1, 0.15) is 11.6 Å². The first-order chi connectivity index (χ1) is 11.8. The molecular weight excluding hydrogens is 298 g/mol. The summed E-state index contributed by atoms with van der Waals surface area (Å²) in [6.07, 6.45) is 7.20. The van der Waals surface area contributed by atoms with Crippen molar-refractivity contribution in [2.75, 3.05) is 18.9 Å². The highest BCUT2D eigenvalue weighted by Crippen LogP contribution is 2.38. The van der Waals surface area contributed by atoms with Gasteiger partial charge in [0.05, 0.1) is 12.2 Å². The molecule has 2 fully saturated rings. The SMILES string of the molecule is Nc1c(C2CCOCC2)nc(C2CCCC2)n1Cc1ccccc1. The van der Waals surface area contributed by atoms with Gasteiger partial charge in [-0.3, -0.25) is 0 Å². The van der Waals surface area contributed by atoms with Gasteiger partial charge in [-0.05, 0) is 31.2 Å². The predicted octanol–water partition coefficient (Wildman–Crippen LogP) is 4.07. The smallest absolute Gasteiger partial charge is 0.127 e. The van der Waals surface area contributed by atoms with Crippen molar-refractivity contribution in [1.29, 1.82) is 0 Å². The second-order valence-corrected chi connectivity index (χ2v) is 7.18. The molecule has 0 unspecified atom stereocenters. The third-order valence-corrected chi connectivity index (χ3v) is 5.58. The second kappa shape index (κ2) is 6.98. The molecule has 0 amide bonds. The number of ether oxygens (including phenoxy) is 1. The Morgan fingerprint density at radius 3 is 2.42 bits per heavy atom. The van der Waals surface area contributed by atoms with E-state index in [0.717, 1.165) is 44.1 Å². The minimum atomic E-state index is 0.455. The first-order valence-electron chi connectivity index (χ1n) is 9.30. The Morgan fingerprint density at radius 1 is 1.00 bits per heavy atom. The van der Waals surface area contributed by atoms with Crippen molar-refractivity contribution in [3.63, 3.8) is 0 Å². The summed E-state index contributed by atoms with van der Waals surface area (Å²) in [7, 11) is 0. The van der Waals surface area contributed by atoms with Crippen molar-refractivity contribution in [2.45, 2.75) is 56.9 Å². The standard InChI is InChI=1S/C20H27N3O/c21-19-18(16-10-12-24-13-11-16)22-20(17-8-4-5-9-17)23(19)14-15-6-2-1-3-7-15/h1-3,6-7,16-17H,4-5,8-14,21H2. The molecular formula is C20H27N3O. The molecule has 4 nitrogen and oxygen atoms in total. The number of hydrogen-bond donors (Lipinski definition) is 1. The first-order valence-corrected chi connectivity index (χ1v) is 9.30. The van der Waals surface area contributed by atoms with E-state index in [0.29, 0.717) is 11.8 Å². The monoisotopic (exact) mass is 325 g/mol. The van der Waals surface area contributed by atoms with E-state index in [4.69, 9.17) is 15.5 Å². The fraction of sp³-hybridized carbons (Fsp3) is 0.550. The number of aromatic nitrogens is 2. The lowest BCUT2D eigenvalue weighted by molar-refractivity contribution is 0.0847. The number of nitrogens with zero attached hydrogens (tertiary/aromatic N) is 2. The Kier molecular flexibility index (Phi) is 4.56. The average molecular weight is 325 g/mol. The van der Waals surface area contributed by atoms with E-state index in [9.17, 15) is 0 Å². The molecule has 1 saturated carbocycles. The summed E-state index contributed by atoms with van der Waals surface area (Å²) >= 11 is 0. The van der Waals surface area contributed by atoms with Crippen LogP contribution in [0, 0.1) is 0 Å². The molecule has 4 rings (SSSR count). The highest BCUT2D eigenvalue weighted by atomic mass is 16.5. The maximum atomic E-state index is 6.61. The Morgan fingerprint density at radius 2 is 1.71 bits per heavy atom. The molecule has 0 atom stereocenters. The van der Waals surface area contributed by atoms with Crippen molar-refractivity contribution < 1.29 is 4.74 Å². The number of anilines is 1. The summed E-state index contributed by atoms with van der Waals surface area (Å²) in [5.41, 5.74) is 9.02. The molecule has 1 aliphatic carbocycles. The lowest BCUT2D eigenvalue weighted by Crippen LogP contribution is -2.16. The normalized spacial score (nSPS) is 19.8. The number of nitrogen functional groups attached to an aromatic ring is 1. The predicted molar refractivity (Wildman–Crippen MR) is 96.2 cm³/mol. The third kappa shape index (κ3) is 3.07. The van der Waals surface area contributed by atoms with Crippen LogP contribution in [-0.4, -0.2) is 22.8 Å². The number of rotatable bonds is 4. The Labute approximate surface area is 144 Å². The Bertz CT molecular complexity index is 668. The molecule has 2 aromatic rings. The van der Waals surface area contributed by atoms with Crippen LogP contribution in [0.1, 0.15) is 67.4 Å². The van der Waals surface area contributed by atoms with E-state index in [1.54, 1.807) is 0 Å². The summed E-state index contributed by atoms with van der Waals surface area (Å²) in [5.74, 6) is 3.13. The fourth-order valence-corrected chi connectivity index (χ4v) is 4.20. The van der Waals surface area contributed by atoms with E-state index in [1.807, 2.05) is 0 Å². The molecule has 24 heavy (non-hydrogen) atoms. The van der Waals surface area contributed by atoms with Gasteiger partial charge in [0.25, 0.3) is 0 Å². The van der Waals surface area contributed by atoms with E-state index in [2.05, 4.69) is 34.9 Å². The minimum absolute atomic E-state index is 0.455. The summed E-state index contributed by atoms with van der Waals surface area (Å²) in [4.78, 5) is 5.09. The topological polar surface area (TPSA) is 53.1 Å². The van der Waals surface area contributed by atoms with E-state index in [-0.39, 0.29) is 0 Å². The number of nitrogens with two attached hydrogens (primary N) is 1. The summed E-state index contributed by atoms with van der Waals surface area (Å²) in [5, 5.41) is 0. The highest BCUT2D eigenvalue weighted by molar-refractivity contribution is 5.42. The molecule has 2 heterocycles. The van der Waals surface area contributed by atoms with Gasteiger partial charge >= 0.3 is 0 Å². The van der Waals surface area contributed by atoms with Crippen molar-refractivity contribution >= 4 is 5.82 Å². The quantitative estimate of drug-likeness (QED) is 0.922. The second-order valence-electron chi connectivity index (χ2n) is 7.18. The molecule has 128 valence electrons. The number of benzene rings is 1. The lowest BCUT2D eigenvalue weighted by atomic mass is 9.96. The molecule has 1 aromatic carbocycles. The number of hydrogen-bond acceptors (Lipinski definition) is 3. The van der Waals surface area contributed by atoms with Crippen LogP contribution < -0.4 is 5.73 Å². The lowest BCUT2D eigenvalue weighted by Gasteiger charge is -2.21. The van der Waals surface area contributed by atoms with Crippen molar-refractivity contribution in [1.82, 2.24) is 9.55 Å². The van der Waals surface area contributed by atoms with Crippen LogP contribution in [-0.2, 0) is 11.3 Å². The van der Waals surface area contributed by atoms with Crippen molar-refractivity contribution in [3.05, 3.63) is 47.4 Å². The first kappa shape index (κ1) is 15.7. The van der Waals surface area contributed by atoms with Gasteiger partial charge in [-0.1, -0.05) is 43.2 Å². The van der Waals surface area contributed by atoms with Gasteiger partial charge in [-0.15, -0.1) is 0 Å². The van der Waals surface area contributed by atoms with E-state index < -0.39 is 0 Å². The largest absolute Gasteiger partial charge is 0.384 e. The van der Waals surface area contributed by atoms with Crippen LogP contribution >= 0.6 is 0 Å². The molecule has 1 aliphatic heterocycles. The van der Waals surface area contributed by atoms with Crippen molar-refractivity contribution in [3.8, 4) is 0 Å². The molecule has 2 aliphatic rings. The fourth-order valence-electron chi connectivity index (χ4n) is 4.20. The van der Waals surface area contributed by atoms with Crippen LogP contribution in [0.15, 0.2) is 30.3 Å². The maximum absolute atomic E-state index is 6.61. The van der Waals surface area contributed by atoms with Crippen LogP contribution in [0.5, 0.6) is 0 Å². The maximum Gasteiger partial charge on any atom is 0.127 e. The van der Waals surface area contributed by atoms with Gasteiger partial charge in [-0.25, -0.2) is 4.98 Å². The van der Waals surface area contributed by atoms with Crippen LogP contribution in [0.4, 0.5) is 5.82 Å². The third-order valence-electron chi connectivity index (χ3n) is 5.58. The summed E-state index contributed by atoms with van der Waals surface area (Å²) in [6.45, 7) is 2.48. The molecule has 1 saturated heterocycles. The van der Waals surface area contributed by atoms with Crippen LogP contribution in [0.3, 0.4) is 0 Å².